The summed E-state index contributed by atoms with van der Waals surface area (Å²) in [6, 6.07) is 0. The van der Waals surface area contributed by atoms with Crippen LogP contribution in [0.5, 0.6) is 0 Å². The van der Waals surface area contributed by atoms with Crippen molar-refractivity contribution in [1.29, 1.82) is 0 Å². The highest BCUT2D eigenvalue weighted by Gasteiger charge is 2.66. The van der Waals surface area contributed by atoms with E-state index in [1.54, 1.807) is 0 Å². The standard InChI is InChI=1S/C13H16O6/c1-5(14)18-9-3-7-10-8(4-17-13(10)16)11(9)12(7)19-6(2)15/h7-12H,3-4H2,1-2H3/t7-,8+,9-,10+,11-,12+/m1/s1. The number of carbonyl (C=O) groups is 3. The first-order chi connectivity index (χ1) is 8.99. The smallest absolute Gasteiger partial charge is 0.309 e. The summed E-state index contributed by atoms with van der Waals surface area (Å²) in [5.41, 5.74) is 0. The fraction of sp³-hybridized carbons (Fsp3) is 0.769. The first kappa shape index (κ1) is 12.4. The van der Waals surface area contributed by atoms with E-state index in [-0.39, 0.29) is 53.8 Å². The second-order valence-corrected chi connectivity index (χ2v) is 5.52. The number of fused-ring (bicyclic) bond motifs is 5. The summed E-state index contributed by atoms with van der Waals surface area (Å²) in [7, 11) is 0. The Morgan fingerprint density at radius 1 is 1.16 bits per heavy atom. The molecule has 104 valence electrons. The largest absolute Gasteiger partial charge is 0.465 e. The summed E-state index contributed by atoms with van der Waals surface area (Å²) >= 11 is 0. The van der Waals surface area contributed by atoms with E-state index >= 15 is 0 Å². The molecule has 0 N–H and O–H groups in total. The Labute approximate surface area is 110 Å². The van der Waals surface area contributed by atoms with Gasteiger partial charge in [0.1, 0.15) is 12.2 Å². The number of carbonyl (C=O) groups excluding carboxylic acids is 3. The molecule has 3 aliphatic rings. The van der Waals surface area contributed by atoms with Crippen LogP contribution in [0.2, 0.25) is 0 Å². The zero-order valence-corrected chi connectivity index (χ0v) is 10.8. The Morgan fingerprint density at radius 2 is 1.84 bits per heavy atom. The third-order valence-corrected chi connectivity index (χ3v) is 4.46. The Hall–Kier alpha value is -1.59. The van der Waals surface area contributed by atoms with Crippen LogP contribution in [0.1, 0.15) is 20.3 Å². The summed E-state index contributed by atoms with van der Waals surface area (Å²) in [4.78, 5) is 34.1. The molecule has 1 saturated heterocycles. The Bertz CT molecular complexity index is 444. The number of ether oxygens (including phenoxy) is 3. The molecule has 6 heteroatoms. The Balaban J connectivity index is 1.85. The molecule has 0 radical (unpaired) electrons. The third kappa shape index (κ3) is 1.81. The van der Waals surface area contributed by atoms with Crippen molar-refractivity contribution in [3.8, 4) is 0 Å². The van der Waals surface area contributed by atoms with Crippen LogP contribution in [-0.4, -0.2) is 36.7 Å². The molecule has 0 amide bonds. The minimum atomic E-state index is -0.364. The molecule has 2 aliphatic carbocycles. The minimum Gasteiger partial charge on any atom is -0.465 e. The molecule has 6 nitrogen and oxygen atoms in total. The van der Waals surface area contributed by atoms with Crippen molar-refractivity contribution in [1.82, 2.24) is 0 Å². The number of esters is 3. The van der Waals surface area contributed by atoms with Gasteiger partial charge in [0.25, 0.3) is 0 Å². The van der Waals surface area contributed by atoms with E-state index in [9.17, 15) is 14.4 Å². The molecular weight excluding hydrogens is 252 g/mol. The van der Waals surface area contributed by atoms with Crippen LogP contribution >= 0.6 is 0 Å². The van der Waals surface area contributed by atoms with Crippen LogP contribution in [0.25, 0.3) is 0 Å². The van der Waals surface area contributed by atoms with E-state index in [4.69, 9.17) is 14.2 Å². The van der Waals surface area contributed by atoms with Crippen molar-refractivity contribution in [2.45, 2.75) is 32.5 Å². The van der Waals surface area contributed by atoms with E-state index in [0.29, 0.717) is 13.0 Å². The number of hydrogen-bond donors (Lipinski definition) is 0. The van der Waals surface area contributed by atoms with Crippen molar-refractivity contribution >= 4 is 17.9 Å². The molecule has 19 heavy (non-hydrogen) atoms. The van der Waals surface area contributed by atoms with E-state index in [2.05, 4.69) is 0 Å². The molecule has 1 aliphatic heterocycles. The van der Waals surface area contributed by atoms with E-state index < -0.39 is 0 Å². The lowest BCUT2D eigenvalue weighted by Crippen LogP contribution is -2.35. The molecular formula is C13H16O6. The van der Waals surface area contributed by atoms with Gasteiger partial charge in [-0.1, -0.05) is 0 Å². The number of hydrogen-bond acceptors (Lipinski definition) is 6. The van der Waals surface area contributed by atoms with E-state index in [1.807, 2.05) is 0 Å². The highest BCUT2D eigenvalue weighted by atomic mass is 16.6. The molecule has 3 rings (SSSR count). The first-order valence-electron chi connectivity index (χ1n) is 6.50. The van der Waals surface area contributed by atoms with Gasteiger partial charge in [-0.05, 0) is 6.42 Å². The Kier molecular flexibility index (Phi) is 2.76. The average molecular weight is 268 g/mol. The molecule has 3 fully saturated rings. The third-order valence-electron chi connectivity index (χ3n) is 4.46. The second kappa shape index (κ2) is 4.21. The molecule has 2 saturated carbocycles. The lowest BCUT2D eigenvalue weighted by molar-refractivity contribution is -0.155. The molecule has 0 aromatic carbocycles. The Morgan fingerprint density at radius 3 is 2.47 bits per heavy atom. The van der Waals surface area contributed by atoms with Crippen LogP contribution in [0.4, 0.5) is 0 Å². The van der Waals surface area contributed by atoms with Crippen molar-refractivity contribution in [2.24, 2.45) is 23.7 Å². The van der Waals surface area contributed by atoms with Crippen molar-refractivity contribution in [2.75, 3.05) is 6.61 Å². The van der Waals surface area contributed by atoms with Gasteiger partial charge in [0, 0.05) is 31.6 Å². The SMILES string of the molecule is CC(=O)O[C@H]1[C@@H]2C[C@@H](OC(C)=O)[C@H]1[C@H]1COC(=O)[C@@H]21. The lowest BCUT2D eigenvalue weighted by Gasteiger charge is -2.27. The topological polar surface area (TPSA) is 78.9 Å². The summed E-state index contributed by atoms with van der Waals surface area (Å²) in [5.74, 6) is -1.33. The van der Waals surface area contributed by atoms with Crippen LogP contribution in [-0.2, 0) is 28.6 Å². The minimum absolute atomic E-state index is 0.0000463. The summed E-state index contributed by atoms with van der Waals surface area (Å²) in [6.07, 6.45) is -0.0364. The number of cyclic esters (lactones) is 1. The summed E-state index contributed by atoms with van der Waals surface area (Å²) in [5, 5.41) is 0. The van der Waals surface area contributed by atoms with Crippen molar-refractivity contribution in [3.63, 3.8) is 0 Å². The maximum absolute atomic E-state index is 11.7. The molecule has 0 spiro atoms. The highest BCUT2D eigenvalue weighted by molar-refractivity contribution is 5.77. The normalized spacial score (nSPS) is 42.7. The van der Waals surface area contributed by atoms with Gasteiger partial charge in [0.2, 0.25) is 0 Å². The molecule has 0 aromatic heterocycles. The van der Waals surface area contributed by atoms with Crippen molar-refractivity contribution < 1.29 is 28.6 Å². The number of rotatable bonds is 2. The van der Waals surface area contributed by atoms with Gasteiger partial charge < -0.3 is 14.2 Å². The van der Waals surface area contributed by atoms with Crippen molar-refractivity contribution in [3.05, 3.63) is 0 Å². The first-order valence-corrected chi connectivity index (χ1v) is 6.50. The summed E-state index contributed by atoms with van der Waals surface area (Å²) in [6.45, 7) is 3.05. The second-order valence-electron chi connectivity index (χ2n) is 5.52. The van der Waals surface area contributed by atoms with Crippen LogP contribution in [0.3, 0.4) is 0 Å². The monoisotopic (exact) mass is 268 g/mol. The predicted molar refractivity (Wildman–Crippen MR) is 60.6 cm³/mol. The van der Waals surface area contributed by atoms with E-state index in [0.717, 1.165) is 0 Å². The van der Waals surface area contributed by atoms with Gasteiger partial charge >= 0.3 is 17.9 Å². The van der Waals surface area contributed by atoms with Gasteiger partial charge in [-0.3, -0.25) is 14.4 Å². The highest BCUT2D eigenvalue weighted by Crippen LogP contribution is 2.57. The zero-order valence-electron chi connectivity index (χ0n) is 10.8. The van der Waals surface area contributed by atoms with Crippen LogP contribution in [0.15, 0.2) is 0 Å². The fourth-order valence-corrected chi connectivity index (χ4v) is 4.02. The molecule has 0 unspecified atom stereocenters. The maximum atomic E-state index is 11.7. The fourth-order valence-electron chi connectivity index (χ4n) is 4.02. The molecule has 6 atom stereocenters. The lowest BCUT2D eigenvalue weighted by atomic mass is 9.80. The van der Waals surface area contributed by atoms with Gasteiger partial charge in [-0.2, -0.15) is 0 Å². The van der Waals surface area contributed by atoms with Crippen LogP contribution in [0, 0.1) is 23.7 Å². The molecule has 2 bridgehead atoms. The summed E-state index contributed by atoms with van der Waals surface area (Å²) < 4.78 is 15.7. The van der Waals surface area contributed by atoms with Crippen LogP contribution < -0.4 is 0 Å². The predicted octanol–water partition coefficient (Wildman–Crippen LogP) is 0.289. The van der Waals surface area contributed by atoms with E-state index in [1.165, 1.54) is 13.8 Å². The zero-order chi connectivity index (χ0) is 13.7. The van der Waals surface area contributed by atoms with Gasteiger partial charge in [-0.15, -0.1) is 0 Å². The maximum Gasteiger partial charge on any atom is 0.309 e. The molecule has 0 aromatic rings. The average Bonchev–Trinajstić information content (AvgIpc) is 2.89. The van der Waals surface area contributed by atoms with Gasteiger partial charge in [0.15, 0.2) is 0 Å². The molecule has 1 heterocycles. The quantitative estimate of drug-likeness (QED) is 0.529. The van der Waals surface area contributed by atoms with Gasteiger partial charge in [0.05, 0.1) is 12.5 Å². The van der Waals surface area contributed by atoms with Gasteiger partial charge in [-0.25, -0.2) is 0 Å².